The van der Waals surface area contributed by atoms with Gasteiger partial charge in [-0.1, -0.05) is 6.07 Å². The maximum absolute atomic E-state index is 6.19. The standard InChI is InChI=1S/C10H10BrN3/c11-9-13-6-7-2-1-3-8(14(7)9)10(12)4-5-10/h1-3,6H,4-5,12H2. The SMILES string of the molecule is NC1(c2cccc3cnc(Br)n23)CC1. The summed E-state index contributed by atoms with van der Waals surface area (Å²) in [6, 6.07) is 6.14. The van der Waals surface area contributed by atoms with Gasteiger partial charge in [0.2, 0.25) is 0 Å². The summed E-state index contributed by atoms with van der Waals surface area (Å²) in [4.78, 5) is 4.22. The molecular weight excluding hydrogens is 242 g/mol. The molecule has 1 aliphatic rings. The molecule has 1 aliphatic carbocycles. The molecule has 2 aromatic heterocycles. The molecule has 0 bridgehead atoms. The first kappa shape index (κ1) is 8.44. The largest absolute Gasteiger partial charge is 0.320 e. The summed E-state index contributed by atoms with van der Waals surface area (Å²) in [5, 5.41) is 0. The summed E-state index contributed by atoms with van der Waals surface area (Å²) in [5.74, 6) is 0. The average molecular weight is 252 g/mol. The van der Waals surface area contributed by atoms with Gasteiger partial charge in [-0.15, -0.1) is 0 Å². The number of nitrogens with two attached hydrogens (primary N) is 1. The minimum Gasteiger partial charge on any atom is -0.320 e. The van der Waals surface area contributed by atoms with E-state index in [4.69, 9.17) is 5.73 Å². The number of imidazole rings is 1. The van der Waals surface area contributed by atoms with Gasteiger partial charge in [0.25, 0.3) is 0 Å². The van der Waals surface area contributed by atoms with Gasteiger partial charge in [0.05, 0.1) is 17.3 Å². The maximum atomic E-state index is 6.19. The summed E-state index contributed by atoms with van der Waals surface area (Å²) >= 11 is 3.43. The van der Waals surface area contributed by atoms with Gasteiger partial charge in [-0.05, 0) is 40.9 Å². The quantitative estimate of drug-likeness (QED) is 0.844. The number of hydrogen-bond donors (Lipinski definition) is 1. The van der Waals surface area contributed by atoms with Crippen molar-refractivity contribution in [2.24, 2.45) is 5.73 Å². The van der Waals surface area contributed by atoms with Crippen molar-refractivity contribution in [1.29, 1.82) is 0 Å². The Labute approximate surface area is 90.1 Å². The molecule has 4 heteroatoms. The number of nitrogens with zero attached hydrogens (tertiary/aromatic N) is 2. The van der Waals surface area contributed by atoms with Crippen LogP contribution in [0.1, 0.15) is 18.5 Å². The summed E-state index contributed by atoms with van der Waals surface area (Å²) in [6.07, 6.45) is 3.98. The molecule has 0 amide bonds. The van der Waals surface area contributed by atoms with Crippen molar-refractivity contribution in [3.63, 3.8) is 0 Å². The van der Waals surface area contributed by atoms with E-state index in [0.29, 0.717) is 0 Å². The van der Waals surface area contributed by atoms with Gasteiger partial charge >= 0.3 is 0 Å². The Morgan fingerprint density at radius 3 is 2.93 bits per heavy atom. The maximum Gasteiger partial charge on any atom is 0.181 e. The van der Waals surface area contributed by atoms with Gasteiger partial charge < -0.3 is 5.73 Å². The second-order valence-electron chi connectivity index (χ2n) is 3.85. The number of hydrogen-bond acceptors (Lipinski definition) is 2. The highest BCUT2D eigenvalue weighted by Gasteiger charge is 2.42. The molecule has 0 aliphatic heterocycles. The Kier molecular flexibility index (Phi) is 1.56. The zero-order chi connectivity index (χ0) is 9.76. The molecule has 14 heavy (non-hydrogen) atoms. The highest BCUT2D eigenvalue weighted by molar-refractivity contribution is 9.10. The van der Waals surface area contributed by atoms with E-state index in [9.17, 15) is 0 Å². The topological polar surface area (TPSA) is 43.3 Å². The van der Waals surface area contributed by atoms with E-state index >= 15 is 0 Å². The van der Waals surface area contributed by atoms with Crippen molar-refractivity contribution in [2.75, 3.05) is 0 Å². The van der Waals surface area contributed by atoms with Gasteiger partial charge in [0.15, 0.2) is 4.73 Å². The van der Waals surface area contributed by atoms with Crippen LogP contribution in [0.2, 0.25) is 0 Å². The minimum absolute atomic E-state index is 0.122. The molecule has 3 rings (SSSR count). The molecule has 0 radical (unpaired) electrons. The lowest BCUT2D eigenvalue weighted by Crippen LogP contribution is -2.22. The van der Waals surface area contributed by atoms with Crippen LogP contribution in [-0.4, -0.2) is 9.38 Å². The molecule has 1 fully saturated rings. The summed E-state index contributed by atoms with van der Waals surface area (Å²) in [6.45, 7) is 0. The number of halogens is 1. The van der Waals surface area contributed by atoms with E-state index in [-0.39, 0.29) is 5.54 Å². The highest BCUT2D eigenvalue weighted by Crippen LogP contribution is 2.43. The molecule has 0 saturated heterocycles. The predicted molar refractivity (Wildman–Crippen MR) is 58.0 cm³/mol. The van der Waals surface area contributed by atoms with Crippen LogP contribution in [0.4, 0.5) is 0 Å². The van der Waals surface area contributed by atoms with Crippen LogP contribution in [-0.2, 0) is 5.54 Å². The van der Waals surface area contributed by atoms with Crippen molar-refractivity contribution >= 4 is 21.4 Å². The zero-order valence-corrected chi connectivity index (χ0v) is 9.16. The van der Waals surface area contributed by atoms with Crippen molar-refractivity contribution in [1.82, 2.24) is 9.38 Å². The fourth-order valence-electron chi connectivity index (χ4n) is 1.79. The van der Waals surface area contributed by atoms with E-state index in [1.54, 1.807) is 0 Å². The summed E-state index contributed by atoms with van der Waals surface area (Å²) in [7, 11) is 0. The molecule has 2 N–H and O–H groups in total. The Hall–Kier alpha value is -0.870. The molecule has 72 valence electrons. The number of fused-ring (bicyclic) bond motifs is 1. The normalized spacial score (nSPS) is 18.7. The molecular formula is C10H10BrN3. The van der Waals surface area contributed by atoms with E-state index in [2.05, 4.69) is 31.4 Å². The van der Waals surface area contributed by atoms with Crippen LogP contribution in [0.3, 0.4) is 0 Å². The third-order valence-electron chi connectivity index (χ3n) is 2.81. The number of aromatic nitrogens is 2. The van der Waals surface area contributed by atoms with E-state index < -0.39 is 0 Å². The molecule has 0 spiro atoms. The van der Waals surface area contributed by atoms with E-state index in [1.807, 2.05) is 18.3 Å². The van der Waals surface area contributed by atoms with Crippen LogP contribution in [0.15, 0.2) is 29.1 Å². The molecule has 2 aromatic rings. The van der Waals surface area contributed by atoms with Crippen LogP contribution < -0.4 is 5.73 Å². The molecule has 2 heterocycles. The second-order valence-corrected chi connectivity index (χ2v) is 4.56. The first-order chi connectivity index (χ1) is 6.71. The Morgan fingerprint density at radius 1 is 1.43 bits per heavy atom. The van der Waals surface area contributed by atoms with Gasteiger partial charge in [0, 0.05) is 5.69 Å². The Morgan fingerprint density at radius 2 is 2.21 bits per heavy atom. The van der Waals surface area contributed by atoms with Crippen molar-refractivity contribution in [2.45, 2.75) is 18.4 Å². The second kappa shape index (κ2) is 2.58. The van der Waals surface area contributed by atoms with Crippen LogP contribution in [0.5, 0.6) is 0 Å². The number of pyridine rings is 1. The molecule has 0 atom stereocenters. The lowest BCUT2D eigenvalue weighted by molar-refractivity contribution is 0.689. The van der Waals surface area contributed by atoms with Crippen molar-refractivity contribution < 1.29 is 0 Å². The average Bonchev–Trinajstić information content (AvgIpc) is 2.83. The zero-order valence-electron chi connectivity index (χ0n) is 7.57. The van der Waals surface area contributed by atoms with Gasteiger partial charge in [-0.3, -0.25) is 4.40 Å². The minimum atomic E-state index is -0.122. The first-order valence-corrected chi connectivity index (χ1v) is 5.41. The molecule has 3 nitrogen and oxygen atoms in total. The summed E-state index contributed by atoms with van der Waals surface area (Å²) < 4.78 is 2.91. The summed E-state index contributed by atoms with van der Waals surface area (Å²) in [5.41, 5.74) is 8.31. The lowest BCUT2D eigenvalue weighted by Gasteiger charge is -2.12. The van der Waals surface area contributed by atoms with Gasteiger partial charge in [-0.2, -0.15) is 0 Å². The fraction of sp³-hybridized carbons (Fsp3) is 0.300. The monoisotopic (exact) mass is 251 g/mol. The smallest absolute Gasteiger partial charge is 0.181 e. The van der Waals surface area contributed by atoms with Crippen molar-refractivity contribution in [3.8, 4) is 0 Å². The predicted octanol–water partition coefficient (Wildman–Crippen LogP) is 2.04. The van der Waals surface area contributed by atoms with Crippen LogP contribution in [0.25, 0.3) is 5.52 Å². The lowest BCUT2D eigenvalue weighted by atomic mass is 10.1. The molecule has 0 aromatic carbocycles. The fourth-order valence-corrected chi connectivity index (χ4v) is 2.29. The van der Waals surface area contributed by atoms with Crippen LogP contribution >= 0.6 is 15.9 Å². The highest BCUT2D eigenvalue weighted by atomic mass is 79.9. The Bertz CT molecular complexity index is 499. The van der Waals surface area contributed by atoms with Gasteiger partial charge in [-0.25, -0.2) is 4.98 Å². The third-order valence-corrected chi connectivity index (χ3v) is 3.37. The molecule has 1 saturated carbocycles. The number of rotatable bonds is 1. The van der Waals surface area contributed by atoms with E-state index in [1.165, 1.54) is 0 Å². The van der Waals surface area contributed by atoms with Crippen molar-refractivity contribution in [3.05, 3.63) is 34.8 Å². The van der Waals surface area contributed by atoms with Crippen LogP contribution in [0, 0.1) is 0 Å². The van der Waals surface area contributed by atoms with Gasteiger partial charge in [0.1, 0.15) is 0 Å². The third kappa shape index (κ3) is 1.04. The first-order valence-electron chi connectivity index (χ1n) is 4.62. The van der Waals surface area contributed by atoms with E-state index in [0.717, 1.165) is 28.8 Å². The Balaban J connectivity index is 2.37. The molecule has 0 unspecified atom stereocenters.